The third-order valence-corrected chi connectivity index (χ3v) is 3.92. The Morgan fingerprint density at radius 2 is 2.19 bits per heavy atom. The second-order valence-electron chi connectivity index (χ2n) is 5.39. The van der Waals surface area contributed by atoms with Crippen molar-refractivity contribution in [2.45, 2.75) is 39.2 Å². The van der Waals surface area contributed by atoms with Crippen LogP contribution < -0.4 is 10.9 Å². The molecular formula is C16H19N3O2. The number of fused-ring (bicyclic) bond motifs is 2. The monoisotopic (exact) mass is 285 g/mol. The summed E-state index contributed by atoms with van der Waals surface area (Å²) in [4.78, 5) is 29.1. The lowest BCUT2D eigenvalue weighted by molar-refractivity contribution is 0.0956. The van der Waals surface area contributed by atoms with Crippen molar-refractivity contribution >= 4 is 16.8 Å². The van der Waals surface area contributed by atoms with E-state index < -0.39 is 0 Å². The fourth-order valence-electron chi connectivity index (χ4n) is 2.82. The van der Waals surface area contributed by atoms with Crippen LogP contribution >= 0.6 is 0 Å². The molecule has 1 aliphatic rings. The second kappa shape index (κ2) is 5.68. The number of nitrogens with zero attached hydrogens (tertiary/aromatic N) is 2. The lowest BCUT2D eigenvalue weighted by Gasteiger charge is -2.10. The van der Waals surface area contributed by atoms with Gasteiger partial charge in [-0.15, -0.1) is 0 Å². The van der Waals surface area contributed by atoms with Crippen LogP contribution in [0.4, 0.5) is 0 Å². The van der Waals surface area contributed by atoms with Crippen molar-refractivity contribution in [1.82, 2.24) is 14.9 Å². The molecule has 1 N–H and O–H groups in total. The Labute approximate surface area is 123 Å². The number of rotatable bonds is 2. The molecule has 0 atom stereocenters. The number of hydrogen-bond acceptors (Lipinski definition) is 3. The third-order valence-electron chi connectivity index (χ3n) is 3.92. The first-order valence-corrected chi connectivity index (χ1v) is 7.52. The Bertz CT molecular complexity index is 749. The van der Waals surface area contributed by atoms with Gasteiger partial charge in [-0.25, -0.2) is 4.98 Å². The van der Waals surface area contributed by atoms with E-state index in [2.05, 4.69) is 10.3 Å². The summed E-state index contributed by atoms with van der Waals surface area (Å²) in [5, 5.41) is 3.35. The summed E-state index contributed by atoms with van der Waals surface area (Å²) in [6.45, 7) is 3.20. The first kappa shape index (κ1) is 13.8. The molecule has 0 bridgehead atoms. The Hall–Kier alpha value is -2.17. The van der Waals surface area contributed by atoms with Crippen LogP contribution in [0.3, 0.4) is 0 Å². The van der Waals surface area contributed by atoms with Gasteiger partial charge in [0.25, 0.3) is 11.5 Å². The van der Waals surface area contributed by atoms with Gasteiger partial charge in [0.05, 0.1) is 10.9 Å². The summed E-state index contributed by atoms with van der Waals surface area (Å²) in [6.07, 6.45) is 4.05. The van der Waals surface area contributed by atoms with Gasteiger partial charge >= 0.3 is 0 Å². The summed E-state index contributed by atoms with van der Waals surface area (Å²) >= 11 is 0. The highest BCUT2D eigenvalue weighted by Crippen LogP contribution is 2.16. The van der Waals surface area contributed by atoms with Gasteiger partial charge in [-0.05, 0) is 38.0 Å². The number of amides is 1. The number of nitrogens with one attached hydrogen (secondary N) is 1. The number of benzene rings is 1. The summed E-state index contributed by atoms with van der Waals surface area (Å²) in [7, 11) is 0. The van der Waals surface area contributed by atoms with E-state index in [1.54, 1.807) is 22.8 Å². The van der Waals surface area contributed by atoms with Crippen LogP contribution in [0, 0.1) is 0 Å². The lowest BCUT2D eigenvalue weighted by atomic mass is 10.1. The van der Waals surface area contributed by atoms with E-state index in [0.717, 1.165) is 38.1 Å². The van der Waals surface area contributed by atoms with Crippen LogP contribution in [0.2, 0.25) is 0 Å². The number of aryl methyl sites for hydroxylation is 1. The molecule has 0 spiro atoms. The van der Waals surface area contributed by atoms with E-state index >= 15 is 0 Å². The molecule has 21 heavy (non-hydrogen) atoms. The maximum atomic E-state index is 12.6. The van der Waals surface area contributed by atoms with Crippen molar-refractivity contribution in [3.05, 3.63) is 39.9 Å². The molecule has 1 aromatic carbocycles. The molecule has 2 heterocycles. The minimum absolute atomic E-state index is 0.0133. The Morgan fingerprint density at radius 3 is 3.00 bits per heavy atom. The molecule has 1 amide bonds. The molecule has 0 saturated carbocycles. The van der Waals surface area contributed by atoms with E-state index in [-0.39, 0.29) is 11.5 Å². The zero-order chi connectivity index (χ0) is 14.8. The van der Waals surface area contributed by atoms with Gasteiger partial charge in [-0.3, -0.25) is 14.2 Å². The van der Waals surface area contributed by atoms with Gasteiger partial charge in [0.2, 0.25) is 0 Å². The molecule has 1 aromatic heterocycles. The zero-order valence-electron chi connectivity index (χ0n) is 12.2. The number of carbonyl (C=O) groups excluding carboxylic acids is 1. The average molecular weight is 285 g/mol. The van der Waals surface area contributed by atoms with Crippen LogP contribution in [-0.4, -0.2) is 22.0 Å². The highest BCUT2D eigenvalue weighted by molar-refractivity contribution is 5.97. The largest absolute Gasteiger partial charge is 0.352 e. The molecular weight excluding hydrogens is 266 g/mol. The summed E-state index contributed by atoms with van der Waals surface area (Å²) < 4.78 is 1.79. The van der Waals surface area contributed by atoms with Crippen LogP contribution in [0.1, 0.15) is 42.4 Å². The van der Waals surface area contributed by atoms with E-state index in [0.29, 0.717) is 23.0 Å². The number of aromatic nitrogens is 2. The fourth-order valence-corrected chi connectivity index (χ4v) is 2.82. The third kappa shape index (κ3) is 2.55. The van der Waals surface area contributed by atoms with E-state index in [1.165, 1.54) is 0 Å². The van der Waals surface area contributed by atoms with Gasteiger partial charge in [0.1, 0.15) is 5.82 Å². The maximum Gasteiger partial charge on any atom is 0.261 e. The molecule has 5 nitrogen and oxygen atoms in total. The SMILES string of the molecule is CCNC(=O)c1ccc2c(=O)n3c(nc2c1)CCCCC3. The van der Waals surface area contributed by atoms with Gasteiger partial charge in [-0.1, -0.05) is 6.42 Å². The molecule has 0 fully saturated rings. The van der Waals surface area contributed by atoms with Crippen LogP contribution in [-0.2, 0) is 13.0 Å². The molecule has 3 rings (SSSR count). The highest BCUT2D eigenvalue weighted by Gasteiger charge is 2.14. The molecule has 0 unspecified atom stereocenters. The fraction of sp³-hybridized carbons (Fsp3) is 0.438. The quantitative estimate of drug-likeness (QED) is 0.916. The van der Waals surface area contributed by atoms with Crippen molar-refractivity contribution in [2.75, 3.05) is 6.54 Å². The van der Waals surface area contributed by atoms with Crippen molar-refractivity contribution in [3.8, 4) is 0 Å². The Kier molecular flexibility index (Phi) is 3.73. The van der Waals surface area contributed by atoms with Crippen LogP contribution in [0.25, 0.3) is 10.9 Å². The van der Waals surface area contributed by atoms with Crippen LogP contribution in [0.5, 0.6) is 0 Å². The Balaban J connectivity index is 2.14. The molecule has 2 aromatic rings. The number of hydrogen-bond donors (Lipinski definition) is 1. The topological polar surface area (TPSA) is 64.0 Å². The highest BCUT2D eigenvalue weighted by atomic mass is 16.1. The van der Waals surface area contributed by atoms with E-state index in [9.17, 15) is 9.59 Å². The summed E-state index contributed by atoms with van der Waals surface area (Å²) in [5.41, 5.74) is 1.19. The van der Waals surface area contributed by atoms with Crippen molar-refractivity contribution < 1.29 is 4.79 Å². The predicted molar refractivity (Wildman–Crippen MR) is 81.6 cm³/mol. The van der Waals surface area contributed by atoms with Gasteiger partial charge < -0.3 is 5.32 Å². The number of carbonyl (C=O) groups is 1. The van der Waals surface area contributed by atoms with Crippen molar-refractivity contribution in [3.63, 3.8) is 0 Å². The first-order valence-electron chi connectivity index (χ1n) is 7.52. The van der Waals surface area contributed by atoms with E-state index in [1.807, 2.05) is 6.92 Å². The molecule has 110 valence electrons. The van der Waals surface area contributed by atoms with E-state index in [4.69, 9.17) is 0 Å². The smallest absolute Gasteiger partial charge is 0.261 e. The minimum Gasteiger partial charge on any atom is -0.352 e. The van der Waals surface area contributed by atoms with Gasteiger partial charge in [-0.2, -0.15) is 0 Å². The van der Waals surface area contributed by atoms with Crippen molar-refractivity contribution in [1.29, 1.82) is 0 Å². The van der Waals surface area contributed by atoms with Gasteiger partial charge in [0, 0.05) is 25.1 Å². The standard InChI is InChI=1S/C16H19N3O2/c1-2-17-15(20)11-7-8-12-13(10-11)18-14-6-4-3-5-9-19(14)16(12)21/h7-8,10H,2-6,9H2,1H3,(H,17,20). The average Bonchev–Trinajstić information content (AvgIpc) is 2.72. The first-order chi connectivity index (χ1) is 10.2. The minimum atomic E-state index is -0.128. The maximum absolute atomic E-state index is 12.6. The second-order valence-corrected chi connectivity index (χ2v) is 5.39. The normalized spacial score (nSPS) is 14.5. The lowest BCUT2D eigenvalue weighted by Crippen LogP contribution is -2.25. The Morgan fingerprint density at radius 1 is 1.33 bits per heavy atom. The van der Waals surface area contributed by atoms with Gasteiger partial charge in [0.15, 0.2) is 0 Å². The van der Waals surface area contributed by atoms with Crippen molar-refractivity contribution in [2.24, 2.45) is 0 Å². The predicted octanol–water partition coefficient (Wildman–Crippen LogP) is 1.87. The molecule has 0 saturated heterocycles. The van der Waals surface area contributed by atoms with Crippen LogP contribution in [0.15, 0.2) is 23.0 Å². The zero-order valence-corrected chi connectivity index (χ0v) is 12.2. The molecule has 0 radical (unpaired) electrons. The summed E-state index contributed by atoms with van der Waals surface area (Å²) in [6, 6.07) is 5.13. The molecule has 0 aliphatic carbocycles. The molecule has 1 aliphatic heterocycles. The molecule has 5 heteroatoms. The summed E-state index contributed by atoms with van der Waals surface area (Å²) in [5.74, 6) is 0.717.